The van der Waals surface area contributed by atoms with E-state index in [2.05, 4.69) is 11.8 Å². The van der Waals surface area contributed by atoms with Gasteiger partial charge < -0.3 is 9.84 Å². The van der Waals surface area contributed by atoms with Crippen LogP contribution in [0.4, 0.5) is 0 Å². The normalized spacial score (nSPS) is 31.2. The molecule has 1 aliphatic rings. The predicted molar refractivity (Wildman–Crippen MR) is 48.2 cm³/mol. The Bertz CT molecular complexity index is 130. The largest absolute Gasteiger partial charge is 0.392 e. The third-order valence-corrected chi connectivity index (χ3v) is 2.56. The van der Waals surface area contributed by atoms with Crippen molar-refractivity contribution < 1.29 is 9.84 Å². The van der Waals surface area contributed by atoms with Crippen molar-refractivity contribution >= 4 is 0 Å². The Morgan fingerprint density at radius 2 is 2.33 bits per heavy atom. The molecule has 0 spiro atoms. The maximum absolute atomic E-state index is 9.42. The molecule has 0 aromatic carbocycles. The van der Waals surface area contributed by atoms with Crippen molar-refractivity contribution in [1.82, 2.24) is 4.90 Å². The number of ether oxygens (including phenoxy) is 1. The standard InChI is InChI=1S/C9H19NO2/c1-3-8-6-9(11)7-10(8)4-5-12-2/h8-9,11H,3-7H2,1-2H3/t8-,9+/m0/s1. The van der Waals surface area contributed by atoms with Gasteiger partial charge in [0.2, 0.25) is 0 Å². The molecule has 1 fully saturated rings. The van der Waals surface area contributed by atoms with Crippen LogP contribution in [0.15, 0.2) is 0 Å². The summed E-state index contributed by atoms with van der Waals surface area (Å²) in [5, 5.41) is 9.42. The lowest BCUT2D eigenvalue weighted by Gasteiger charge is -2.21. The molecule has 3 nitrogen and oxygen atoms in total. The van der Waals surface area contributed by atoms with E-state index < -0.39 is 0 Å². The van der Waals surface area contributed by atoms with E-state index >= 15 is 0 Å². The first kappa shape index (κ1) is 9.96. The van der Waals surface area contributed by atoms with Crippen LogP contribution in [0.5, 0.6) is 0 Å². The van der Waals surface area contributed by atoms with Crippen LogP contribution in [0.2, 0.25) is 0 Å². The fourth-order valence-corrected chi connectivity index (χ4v) is 1.86. The second kappa shape index (κ2) is 4.80. The van der Waals surface area contributed by atoms with Gasteiger partial charge in [0.05, 0.1) is 12.7 Å². The van der Waals surface area contributed by atoms with Crippen LogP contribution in [-0.2, 0) is 4.74 Å². The van der Waals surface area contributed by atoms with Gasteiger partial charge >= 0.3 is 0 Å². The van der Waals surface area contributed by atoms with E-state index in [1.165, 1.54) is 0 Å². The summed E-state index contributed by atoms with van der Waals surface area (Å²) < 4.78 is 5.01. The molecule has 1 N–H and O–H groups in total. The van der Waals surface area contributed by atoms with Gasteiger partial charge in [-0.2, -0.15) is 0 Å². The van der Waals surface area contributed by atoms with E-state index in [4.69, 9.17) is 4.74 Å². The molecule has 72 valence electrons. The molecule has 1 aliphatic heterocycles. The minimum absolute atomic E-state index is 0.119. The molecule has 1 saturated heterocycles. The number of hydrogen-bond acceptors (Lipinski definition) is 3. The number of aliphatic hydroxyl groups is 1. The predicted octanol–water partition coefficient (Wildman–Crippen LogP) is 0.478. The Balaban J connectivity index is 2.30. The lowest BCUT2D eigenvalue weighted by molar-refractivity contribution is 0.129. The van der Waals surface area contributed by atoms with Crippen LogP contribution in [0.3, 0.4) is 0 Å². The summed E-state index contributed by atoms with van der Waals surface area (Å²) in [6.45, 7) is 4.71. The highest BCUT2D eigenvalue weighted by Crippen LogP contribution is 2.19. The first-order chi connectivity index (χ1) is 5.77. The third-order valence-electron chi connectivity index (χ3n) is 2.56. The van der Waals surface area contributed by atoms with Crippen molar-refractivity contribution in [2.75, 3.05) is 26.8 Å². The molecule has 0 amide bonds. The van der Waals surface area contributed by atoms with Crippen LogP contribution in [0, 0.1) is 0 Å². The monoisotopic (exact) mass is 173 g/mol. The summed E-state index contributed by atoms with van der Waals surface area (Å²) >= 11 is 0. The van der Waals surface area contributed by atoms with Crippen LogP contribution in [0.1, 0.15) is 19.8 Å². The first-order valence-corrected chi connectivity index (χ1v) is 4.69. The first-order valence-electron chi connectivity index (χ1n) is 4.69. The van der Waals surface area contributed by atoms with Gasteiger partial charge in [-0.15, -0.1) is 0 Å². The summed E-state index contributed by atoms with van der Waals surface area (Å²) in [7, 11) is 1.72. The van der Waals surface area contributed by atoms with Crippen molar-refractivity contribution in [3.63, 3.8) is 0 Å². The number of aliphatic hydroxyl groups excluding tert-OH is 1. The minimum Gasteiger partial charge on any atom is -0.392 e. The van der Waals surface area contributed by atoms with Gasteiger partial charge in [0.1, 0.15) is 0 Å². The van der Waals surface area contributed by atoms with Gasteiger partial charge in [0, 0.05) is 26.2 Å². The van der Waals surface area contributed by atoms with E-state index in [-0.39, 0.29) is 6.10 Å². The van der Waals surface area contributed by atoms with E-state index in [1.54, 1.807) is 7.11 Å². The Morgan fingerprint density at radius 3 is 2.92 bits per heavy atom. The molecule has 0 radical (unpaired) electrons. The zero-order chi connectivity index (χ0) is 8.97. The van der Waals surface area contributed by atoms with Gasteiger partial charge in [-0.05, 0) is 12.8 Å². The number of nitrogens with zero attached hydrogens (tertiary/aromatic N) is 1. The van der Waals surface area contributed by atoms with E-state index in [9.17, 15) is 5.11 Å². The van der Waals surface area contributed by atoms with E-state index in [1.807, 2.05) is 0 Å². The van der Waals surface area contributed by atoms with Gasteiger partial charge in [-0.25, -0.2) is 0 Å². The summed E-state index contributed by atoms with van der Waals surface area (Å²) in [6.07, 6.45) is 1.94. The minimum atomic E-state index is -0.119. The maximum Gasteiger partial charge on any atom is 0.0682 e. The molecule has 1 rings (SSSR count). The van der Waals surface area contributed by atoms with Crippen molar-refractivity contribution in [2.45, 2.75) is 31.9 Å². The number of hydrogen-bond donors (Lipinski definition) is 1. The second-order valence-corrected chi connectivity index (χ2v) is 3.44. The topological polar surface area (TPSA) is 32.7 Å². The SMILES string of the molecule is CC[C@H]1C[C@@H](O)CN1CCOC. The number of β-amino-alcohol motifs (C(OH)–C–C–N with tert-alkyl or cyclic N) is 1. The third kappa shape index (κ3) is 2.44. The fraction of sp³-hybridized carbons (Fsp3) is 1.00. The second-order valence-electron chi connectivity index (χ2n) is 3.44. The Morgan fingerprint density at radius 1 is 1.58 bits per heavy atom. The molecule has 12 heavy (non-hydrogen) atoms. The maximum atomic E-state index is 9.42. The molecule has 0 unspecified atom stereocenters. The molecule has 0 saturated carbocycles. The molecule has 0 bridgehead atoms. The smallest absolute Gasteiger partial charge is 0.0682 e. The van der Waals surface area contributed by atoms with Crippen LogP contribution >= 0.6 is 0 Å². The van der Waals surface area contributed by atoms with Gasteiger partial charge in [-0.3, -0.25) is 4.90 Å². The zero-order valence-electron chi connectivity index (χ0n) is 7.99. The molecule has 0 aromatic heterocycles. The van der Waals surface area contributed by atoms with Crippen molar-refractivity contribution in [3.05, 3.63) is 0 Å². The number of rotatable bonds is 4. The van der Waals surface area contributed by atoms with Gasteiger partial charge in [0.25, 0.3) is 0 Å². The number of methoxy groups -OCH3 is 1. The fourth-order valence-electron chi connectivity index (χ4n) is 1.86. The van der Waals surface area contributed by atoms with Crippen molar-refractivity contribution in [1.29, 1.82) is 0 Å². The van der Waals surface area contributed by atoms with E-state index in [0.717, 1.165) is 32.5 Å². The summed E-state index contributed by atoms with van der Waals surface area (Å²) in [5.41, 5.74) is 0. The Labute approximate surface area is 74.3 Å². The Hall–Kier alpha value is -0.120. The molecule has 3 heteroatoms. The molecule has 0 aliphatic carbocycles. The molecule has 2 atom stereocenters. The molecular formula is C9H19NO2. The number of likely N-dealkylation sites (tertiary alicyclic amines) is 1. The highest BCUT2D eigenvalue weighted by Gasteiger charge is 2.28. The van der Waals surface area contributed by atoms with Crippen molar-refractivity contribution in [2.24, 2.45) is 0 Å². The molecular weight excluding hydrogens is 154 g/mol. The molecule has 1 heterocycles. The highest BCUT2D eigenvalue weighted by atomic mass is 16.5. The van der Waals surface area contributed by atoms with Crippen molar-refractivity contribution in [3.8, 4) is 0 Å². The summed E-state index contributed by atoms with van der Waals surface area (Å²) in [5.74, 6) is 0. The van der Waals surface area contributed by atoms with Crippen LogP contribution < -0.4 is 0 Å². The molecule has 0 aromatic rings. The summed E-state index contributed by atoms with van der Waals surface area (Å²) in [4.78, 5) is 2.31. The van der Waals surface area contributed by atoms with Crippen LogP contribution in [0.25, 0.3) is 0 Å². The average Bonchev–Trinajstić information content (AvgIpc) is 2.42. The quantitative estimate of drug-likeness (QED) is 0.671. The highest BCUT2D eigenvalue weighted by molar-refractivity contribution is 4.83. The van der Waals surface area contributed by atoms with Crippen LogP contribution in [-0.4, -0.2) is 49.0 Å². The van der Waals surface area contributed by atoms with E-state index in [0.29, 0.717) is 6.04 Å². The lowest BCUT2D eigenvalue weighted by atomic mass is 10.1. The van der Waals surface area contributed by atoms with Gasteiger partial charge in [0.15, 0.2) is 0 Å². The average molecular weight is 173 g/mol. The lowest BCUT2D eigenvalue weighted by Crippen LogP contribution is -2.32. The van der Waals surface area contributed by atoms with Gasteiger partial charge in [-0.1, -0.05) is 6.92 Å². The Kier molecular flexibility index (Phi) is 3.98. The summed E-state index contributed by atoms with van der Waals surface area (Å²) in [6, 6.07) is 0.565. The zero-order valence-corrected chi connectivity index (χ0v) is 7.99.